The summed E-state index contributed by atoms with van der Waals surface area (Å²) >= 11 is 0. The van der Waals surface area contributed by atoms with Gasteiger partial charge in [-0.05, 0) is 31.6 Å². The Balaban J connectivity index is 1.66. The number of carbonyl (C=O) groups is 1. The zero-order chi connectivity index (χ0) is 13.2. The Morgan fingerprint density at radius 2 is 2.05 bits per heavy atom. The summed E-state index contributed by atoms with van der Waals surface area (Å²) in [4.78, 5) is 16.7. The minimum Gasteiger partial charge on any atom is -0.480 e. The number of hydrogen-bond donors (Lipinski definition) is 0. The first-order valence-corrected chi connectivity index (χ1v) is 6.96. The van der Waals surface area contributed by atoms with E-state index in [2.05, 4.69) is 11.9 Å². The quantitative estimate of drug-likeness (QED) is 0.759. The van der Waals surface area contributed by atoms with Crippen LogP contribution in [-0.4, -0.2) is 55.0 Å². The van der Waals surface area contributed by atoms with Crippen molar-refractivity contribution in [2.24, 2.45) is 0 Å². The van der Waals surface area contributed by atoms with Crippen LogP contribution < -0.4 is 4.74 Å². The van der Waals surface area contributed by atoms with Gasteiger partial charge in [-0.2, -0.15) is 0 Å². The van der Waals surface area contributed by atoms with Crippen LogP contribution >= 0.6 is 0 Å². The van der Waals surface area contributed by atoms with Gasteiger partial charge in [-0.3, -0.25) is 4.79 Å². The predicted molar refractivity (Wildman–Crippen MR) is 73.3 cm³/mol. The molecule has 0 saturated carbocycles. The molecule has 1 amide bonds. The predicted octanol–water partition coefficient (Wildman–Crippen LogP) is 1.15. The Morgan fingerprint density at radius 3 is 2.89 bits per heavy atom. The van der Waals surface area contributed by atoms with Gasteiger partial charge in [0, 0.05) is 26.1 Å². The zero-order valence-corrected chi connectivity index (χ0v) is 11.3. The number of likely N-dealkylation sites (N-methyl/N-ethyl adjacent to an activating group) is 1. The summed E-state index contributed by atoms with van der Waals surface area (Å²) in [5.41, 5.74) is 1.15. The highest BCUT2D eigenvalue weighted by Gasteiger charge is 2.32. The van der Waals surface area contributed by atoms with Crippen molar-refractivity contribution in [2.75, 3.05) is 33.2 Å². The Bertz CT molecular complexity index is 450. The molecule has 1 aromatic carbocycles. The van der Waals surface area contributed by atoms with Crippen LogP contribution in [0.5, 0.6) is 5.75 Å². The molecular weight excluding hydrogens is 240 g/mol. The van der Waals surface area contributed by atoms with Crippen molar-refractivity contribution >= 4 is 5.91 Å². The normalized spacial score (nSPS) is 23.6. The van der Waals surface area contributed by atoms with E-state index >= 15 is 0 Å². The smallest absolute Gasteiger partial charge is 0.264 e. The van der Waals surface area contributed by atoms with Crippen molar-refractivity contribution in [1.82, 2.24) is 9.80 Å². The molecule has 2 aliphatic heterocycles. The maximum Gasteiger partial charge on any atom is 0.264 e. The summed E-state index contributed by atoms with van der Waals surface area (Å²) in [6, 6.07) is 7.93. The van der Waals surface area contributed by atoms with E-state index in [0.717, 1.165) is 43.9 Å². The largest absolute Gasteiger partial charge is 0.480 e. The second-order valence-electron chi connectivity index (χ2n) is 5.40. The van der Waals surface area contributed by atoms with Crippen molar-refractivity contribution in [3.05, 3.63) is 29.8 Å². The maximum atomic E-state index is 12.5. The molecule has 4 heteroatoms. The Kier molecular flexibility index (Phi) is 3.42. The molecular formula is C15H20N2O2. The molecule has 2 heterocycles. The SMILES string of the molecule is CN1CCCN(C(=O)C2Cc3ccccc3O2)CC1. The number of fused-ring (bicyclic) bond motifs is 1. The minimum absolute atomic E-state index is 0.145. The second-order valence-corrected chi connectivity index (χ2v) is 5.40. The van der Waals surface area contributed by atoms with E-state index in [-0.39, 0.29) is 12.0 Å². The molecule has 1 unspecified atom stereocenters. The number of benzene rings is 1. The van der Waals surface area contributed by atoms with Crippen LogP contribution in [-0.2, 0) is 11.2 Å². The summed E-state index contributed by atoms with van der Waals surface area (Å²) in [6.07, 6.45) is 1.43. The molecule has 0 N–H and O–H groups in total. The van der Waals surface area contributed by atoms with Crippen molar-refractivity contribution in [1.29, 1.82) is 0 Å². The van der Waals surface area contributed by atoms with Crippen molar-refractivity contribution in [3.63, 3.8) is 0 Å². The van der Waals surface area contributed by atoms with Crippen molar-refractivity contribution in [3.8, 4) is 5.75 Å². The van der Waals surface area contributed by atoms with Crippen LogP contribution in [0.1, 0.15) is 12.0 Å². The van der Waals surface area contributed by atoms with Gasteiger partial charge in [0.1, 0.15) is 5.75 Å². The molecule has 19 heavy (non-hydrogen) atoms. The average molecular weight is 260 g/mol. The summed E-state index contributed by atoms with van der Waals surface area (Å²) in [6.45, 7) is 3.67. The number of hydrogen-bond acceptors (Lipinski definition) is 3. The van der Waals surface area contributed by atoms with Crippen LogP contribution in [0.4, 0.5) is 0 Å². The lowest BCUT2D eigenvalue weighted by Crippen LogP contribution is -2.43. The minimum atomic E-state index is -0.319. The fourth-order valence-corrected chi connectivity index (χ4v) is 2.79. The van der Waals surface area contributed by atoms with Gasteiger partial charge in [-0.25, -0.2) is 0 Å². The molecule has 0 aromatic heterocycles. The number of ether oxygens (including phenoxy) is 1. The van der Waals surface area contributed by atoms with E-state index in [1.807, 2.05) is 29.2 Å². The van der Waals surface area contributed by atoms with Crippen LogP contribution in [0.3, 0.4) is 0 Å². The zero-order valence-electron chi connectivity index (χ0n) is 11.3. The molecule has 0 radical (unpaired) electrons. The highest BCUT2D eigenvalue weighted by Crippen LogP contribution is 2.29. The molecule has 0 aliphatic carbocycles. The fraction of sp³-hybridized carbons (Fsp3) is 0.533. The molecule has 1 fully saturated rings. The van der Waals surface area contributed by atoms with Crippen LogP contribution in [0.2, 0.25) is 0 Å². The van der Waals surface area contributed by atoms with E-state index < -0.39 is 0 Å². The van der Waals surface area contributed by atoms with E-state index in [9.17, 15) is 4.79 Å². The number of amides is 1. The average Bonchev–Trinajstić information content (AvgIpc) is 2.74. The van der Waals surface area contributed by atoms with Gasteiger partial charge in [0.15, 0.2) is 6.10 Å². The molecule has 0 bridgehead atoms. The molecule has 1 aromatic rings. The highest BCUT2D eigenvalue weighted by atomic mass is 16.5. The first-order valence-electron chi connectivity index (χ1n) is 6.96. The number of nitrogens with zero attached hydrogens (tertiary/aromatic N) is 2. The van der Waals surface area contributed by atoms with Crippen LogP contribution in [0.15, 0.2) is 24.3 Å². The summed E-state index contributed by atoms with van der Waals surface area (Å²) in [7, 11) is 2.11. The molecule has 0 spiro atoms. The third-order valence-corrected chi connectivity index (χ3v) is 3.95. The topological polar surface area (TPSA) is 32.8 Å². The molecule has 3 rings (SSSR count). The molecule has 4 nitrogen and oxygen atoms in total. The first kappa shape index (κ1) is 12.5. The van der Waals surface area contributed by atoms with Crippen LogP contribution in [0.25, 0.3) is 0 Å². The lowest BCUT2D eigenvalue weighted by molar-refractivity contribution is -0.137. The standard InChI is InChI=1S/C15H20N2O2/c1-16-7-4-8-17(10-9-16)15(18)14-11-12-5-2-3-6-13(12)19-14/h2-3,5-6,14H,4,7-11H2,1H3. The summed E-state index contributed by atoms with van der Waals surface area (Å²) in [5, 5.41) is 0. The van der Waals surface area contributed by atoms with E-state index in [4.69, 9.17) is 4.74 Å². The molecule has 1 atom stereocenters. The van der Waals surface area contributed by atoms with Crippen LogP contribution in [0, 0.1) is 0 Å². The maximum absolute atomic E-state index is 12.5. The van der Waals surface area contributed by atoms with E-state index in [1.165, 1.54) is 0 Å². The van der Waals surface area contributed by atoms with Gasteiger partial charge in [0.05, 0.1) is 0 Å². The van der Waals surface area contributed by atoms with Gasteiger partial charge in [0.25, 0.3) is 5.91 Å². The monoisotopic (exact) mass is 260 g/mol. The lowest BCUT2D eigenvalue weighted by atomic mass is 10.1. The highest BCUT2D eigenvalue weighted by molar-refractivity contribution is 5.82. The van der Waals surface area contributed by atoms with Crippen molar-refractivity contribution < 1.29 is 9.53 Å². The number of rotatable bonds is 1. The molecule has 1 saturated heterocycles. The van der Waals surface area contributed by atoms with Gasteiger partial charge >= 0.3 is 0 Å². The lowest BCUT2D eigenvalue weighted by Gasteiger charge is -2.23. The van der Waals surface area contributed by atoms with Gasteiger partial charge in [0.2, 0.25) is 0 Å². The van der Waals surface area contributed by atoms with E-state index in [0.29, 0.717) is 6.42 Å². The van der Waals surface area contributed by atoms with Crippen molar-refractivity contribution in [2.45, 2.75) is 18.9 Å². The Hall–Kier alpha value is -1.55. The third kappa shape index (κ3) is 2.59. The number of para-hydroxylation sites is 1. The first-order chi connectivity index (χ1) is 9.24. The number of carbonyl (C=O) groups excluding carboxylic acids is 1. The Labute approximate surface area is 113 Å². The third-order valence-electron chi connectivity index (χ3n) is 3.95. The summed E-state index contributed by atoms with van der Waals surface area (Å²) < 4.78 is 5.78. The Morgan fingerprint density at radius 1 is 1.21 bits per heavy atom. The van der Waals surface area contributed by atoms with Gasteiger partial charge < -0.3 is 14.5 Å². The molecule has 2 aliphatic rings. The second kappa shape index (κ2) is 5.21. The van der Waals surface area contributed by atoms with Gasteiger partial charge in [-0.1, -0.05) is 18.2 Å². The van der Waals surface area contributed by atoms with Gasteiger partial charge in [-0.15, -0.1) is 0 Å². The summed E-state index contributed by atoms with van der Waals surface area (Å²) in [5.74, 6) is 1.01. The van der Waals surface area contributed by atoms with E-state index in [1.54, 1.807) is 0 Å². The molecule has 102 valence electrons. The fourth-order valence-electron chi connectivity index (χ4n) is 2.79.